The lowest BCUT2D eigenvalue weighted by molar-refractivity contribution is 0.984. The maximum absolute atomic E-state index is 5.78. The zero-order chi connectivity index (χ0) is 11.0. The van der Waals surface area contributed by atoms with Crippen LogP contribution in [0, 0.1) is 0 Å². The smallest absolute Gasteiger partial charge is 0.153 e. The van der Waals surface area contributed by atoms with Gasteiger partial charge in [0.1, 0.15) is 12.0 Å². The number of nitrogens with one attached hydrogen (secondary N) is 1. The highest BCUT2D eigenvalue weighted by atomic mass is 15.2. The van der Waals surface area contributed by atoms with Crippen molar-refractivity contribution in [3.8, 4) is 11.3 Å². The molecule has 16 heavy (non-hydrogen) atoms. The number of benzene rings is 1. The number of hydrogen-bond acceptors (Lipinski definition) is 4. The number of aromatic amines is 1. The second-order valence-electron chi connectivity index (χ2n) is 3.44. The van der Waals surface area contributed by atoms with Crippen LogP contribution in [0.15, 0.2) is 36.8 Å². The maximum Gasteiger partial charge on any atom is 0.153 e. The van der Waals surface area contributed by atoms with E-state index in [9.17, 15) is 0 Å². The first kappa shape index (κ1) is 8.84. The molecule has 3 N–H and O–H groups in total. The Bertz CT molecular complexity index is 643. The number of para-hydroxylation sites is 1. The van der Waals surface area contributed by atoms with E-state index in [1.54, 1.807) is 0 Å². The van der Waals surface area contributed by atoms with E-state index >= 15 is 0 Å². The summed E-state index contributed by atoms with van der Waals surface area (Å²) in [5.74, 6) is 0.389. The summed E-state index contributed by atoms with van der Waals surface area (Å²) >= 11 is 0. The van der Waals surface area contributed by atoms with Gasteiger partial charge in [0.15, 0.2) is 5.82 Å². The van der Waals surface area contributed by atoms with E-state index in [0.29, 0.717) is 11.5 Å². The lowest BCUT2D eigenvalue weighted by Crippen LogP contribution is -1.97. The van der Waals surface area contributed by atoms with E-state index in [1.165, 1.54) is 6.33 Å². The van der Waals surface area contributed by atoms with Gasteiger partial charge in [0, 0.05) is 22.7 Å². The van der Waals surface area contributed by atoms with Crippen molar-refractivity contribution < 1.29 is 0 Å². The number of hydrogen-bond donors (Lipinski definition) is 2. The van der Waals surface area contributed by atoms with Crippen LogP contribution < -0.4 is 5.73 Å². The van der Waals surface area contributed by atoms with Crippen LogP contribution in [-0.4, -0.2) is 20.2 Å². The van der Waals surface area contributed by atoms with Crippen LogP contribution in [0.1, 0.15) is 0 Å². The zero-order valence-corrected chi connectivity index (χ0v) is 8.38. The predicted molar refractivity (Wildman–Crippen MR) is 61.5 cm³/mol. The fourth-order valence-corrected chi connectivity index (χ4v) is 1.74. The molecule has 3 rings (SSSR count). The number of nitrogens with zero attached hydrogens (tertiary/aromatic N) is 3. The van der Waals surface area contributed by atoms with E-state index in [0.717, 1.165) is 16.5 Å². The summed E-state index contributed by atoms with van der Waals surface area (Å²) in [6.07, 6.45) is 3.21. The quantitative estimate of drug-likeness (QED) is 0.640. The monoisotopic (exact) mass is 211 g/mol. The van der Waals surface area contributed by atoms with Gasteiger partial charge in [-0.05, 0) is 6.07 Å². The first-order valence-electron chi connectivity index (χ1n) is 4.86. The summed E-state index contributed by atoms with van der Waals surface area (Å²) in [5.41, 5.74) is 8.36. The molecule has 0 bridgehead atoms. The molecular formula is C11H9N5. The van der Waals surface area contributed by atoms with Gasteiger partial charge in [-0.1, -0.05) is 18.2 Å². The number of nitrogen functional groups attached to an aromatic ring is 1. The third kappa shape index (κ3) is 1.22. The van der Waals surface area contributed by atoms with Crippen LogP contribution in [0.25, 0.3) is 22.2 Å². The van der Waals surface area contributed by atoms with Crippen LogP contribution in [-0.2, 0) is 0 Å². The van der Waals surface area contributed by atoms with Crippen LogP contribution in [0.5, 0.6) is 0 Å². The van der Waals surface area contributed by atoms with Gasteiger partial charge in [-0.3, -0.25) is 0 Å². The van der Waals surface area contributed by atoms with E-state index in [4.69, 9.17) is 5.73 Å². The van der Waals surface area contributed by atoms with Crippen LogP contribution in [0.2, 0.25) is 0 Å². The Morgan fingerprint density at radius 3 is 2.94 bits per heavy atom. The fourth-order valence-electron chi connectivity index (χ4n) is 1.74. The molecule has 5 heteroatoms. The minimum absolute atomic E-state index is 0.389. The van der Waals surface area contributed by atoms with Crippen molar-refractivity contribution in [3.63, 3.8) is 0 Å². The summed E-state index contributed by atoms with van der Waals surface area (Å²) in [5, 5.41) is 8.83. The molecule has 0 atom stereocenters. The maximum atomic E-state index is 5.78. The SMILES string of the molecule is Nc1ncnnc1-c1c[nH]c2ccccc12. The number of H-pyrrole nitrogens is 1. The lowest BCUT2D eigenvalue weighted by Gasteiger charge is -1.99. The van der Waals surface area contributed by atoms with Crippen molar-refractivity contribution in [2.24, 2.45) is 0 Å². The highest BCUT2D eigenvalue weighted by molar-refractivity contribution is 5.96. The topological polar surface area (TPSA) is 80.5 Å². The first-order valence-corrected chi connectivity index (χ1v) is 4.86. The van der Waals surface area contributed by atoms with Crippen molar-refractivity contribution >= 4 is 16.7 Å². The summed E-state index contributed by atoms with van der Waals surface area (Å²) in [6.45, 7) is 0. The highest BCUT2D eigenvalue weighted by Gasteiger charge is 2.10. The molecule has 3 aromatic rings. The average Bonchev–Trinajstić information content (AvgIpc) is 2.74. The molecule has 0 aliphatic heterocycles. The van der Waals surface area contributed by atoms with Gasteiger partial charge < -0.3 is 10.7 Å². The lowest BCUT2D eigenvalue weighted by atomic mass is 10.1. The molecule has 2 heterocycles. The van der Waals surface area contributed by atoms with Crippen molar-refractivity contribution in [1.82, 2.24) is 20.2 Å². The molecule has 2 aromatic heterocycles. The van der Waals surface area contributed by atoms with Crippen molar-refractivity contribution in [2.75, 3.05) is 5.73 Å². The molecule has 78 valence electrons. The van der Waals surface area contributed by atoms with E-state index < -0.39 is 0 Å². The minimum atomic E-state index is 0.389. The molecule has 0 aliphatic rings. The van der Waals surface area contributed by atoms with Crippen LogP contribution in [0.3, 0.4) is 0 Å². The van der Waals surface area contributed by atoms with Gasteiger partial charge in [-0.2, -0.15) is 0 Å². The number of nitrogens with two attached hydrogens (primary N) is 1. The van der Waals surface area contributed by atoms with E-state index in [-0.39, 0.29) is 0 Å². The van der Waals surface area contributed by atoms with Gasteiger partial charge in [-0.25, -0.2) is 4.98 Å². The van der Waals surface area contributed by atoms with Gasteiger partial charge in [0.2, 0.25) is 0 Å². The standard InChI is InChI=1S/C11H9N5/c12-11-10(16-15-6-14-11)8-5-13-9-4-2-1-3-7(8)9/h1-6,13H,(H2,12,14,15). The number of aromatic nitrogens is 4. The molecule has 0 radical (unpaired) electrons. The van der Waals surface area contributed by atoms with Crippen molar-refractivity contribution in [1.29, 1.82) is 0 Å². The molecule has 1 aromatic carbocycles. The number of rotatable bonds is 1. The number of anilines is 1. The Balaban J connectivity index is 2.31. The average molecular weight is 211 g/mol. The van der Waals surface area contributed by atoms with Gasteiger partial charge in [-0.15, -0.1) is 10.2 Å². The van der Waals surface area contributed by atoms with E-state index in [2.05, 4.69) is 20.2 Å². The summed E-state index contributed by atoms with van der Waals surface area (Å²) in [4.78, 5) is 7.09. The first-order chi connectivity index (χ1) is 7.86. The third-order valence-corrected chi connectivity index (χ3v) is 2.49. The van der Waals surface area contributed by atoms with Gasteiger partial charge >= 0.3 is 0 Å². The van der Waals surface area contributed by atoms with Gasteiger partial charge in [0.05, 0.1) is 0 Å². The van der Waals surface area contributed by atoms with Gasteiger partial charge in [0.25, 0.3) is 0 Å². The largest absolute Gasteiger partial charge is 0.382 e. The molecular weight excluding hydrogens is 202 g/mol. The Morgan fingerprint density at radius 2 is 2.06 bits per heavy atom. The molecule has 0 spiro atoms. The number of fused-ring (bicyclic) bond motifs is 1. The molecule has 5 nitrogen and oxygen atoms in total. The third-order valence-electron chi connectivity index (χ3n) is 2.49. The molecule has 0 aliphatic carbocycles. The molecule has 0 saturated heterocycles. The Labute approximate surface area is 91.3 Å². The second-order valence-corrected chi connectivity index (χ2v) is 3.44. The van der Waals surface area contributed by atoms with Crippen molar-refractivity contribution in [2.45, 2.75) is 0 Å². The molecule has 0 unspecified atom stereocenters. The van der Waals surface area contributed by atoms with Crippen LogP contribution >= 0.6 is 0 Å². The van der Waals surface area contributed by atoms with E-state index in [1.807, 2.05) is 30.5 Å². The summed E-state index contributed by atoms with van der Waals surface area (Å²) < 4.78 is 0. The Kier molecular flexibility index (Phi) is 1.83. The van der Waals surface area contributed by atoms with Crippen LogP contribution in [0.4, 0.5) is 5.82 Å². The highest BCUT2D eigenvalue weighted by Crippen LogP contribution is 2.28. The predicted octanol–water partition coefficient (Wildman–Crippen LogP) is 1.60. The molecule has 0 saturated carbocycles. The molecule has 0 amide bonds. The normalized spacial score (nSPS) is 10.8. The second kappa shape index (κ2) is 3.30. The summed E-state index contributed by atoms with van der Waals surface area (Å²) in [7, 11) is 0. The minimum Gasteiger partial charge on any atom is -0.382 e. The Hall–Kier alpha value is -2.43. The zero-order valence-electron chi connectivity index (χ0n) is 8.38. The fraction of sp³-hybridized carbons (Fsp3) is 0. The van der Waals surface area contributed by atoms with Crippen molar-refractivity contribution in [3.05, 3.63) is 36.8 Å². The summed E-state index contributed by atoms with van der Waals surface area (Å²) in [6, 6.07) is 7.95. The Morgan fingerprint density at radius 1 is 1.19 bits per heavy atom. The molecule has 0 fully saturated rings.